The van der Waals surface area contributed by atoms with Crippen LogP contribution in [0.4, 0.5) is 19.0 Å². The maximum absolute atomic E-state index is 12.6. The Morgan fingerprint density at radius 2 is 1.84 bits per heavy atom. The Labute approximate surface area is 174 Å². The maximum Gasteiger partial charge on any atom is 0.573 e. The first kappa shape index (κ1) is 19.2. The first-order valence-electron chi connectivity index (χ1n) is 9.66. The van der Waals surface area contributed by atoms with E-state index in [1.165, 1.54) is 18.2 Å². The summed E-state index contributed by atoms with van der Waals surface area (Å²) in [6.07, 6.45) is 0.589. The Hall–Kier alpha value is -3.76. The summed E-state index contributed by atoms with van der Waals surface area (Å²) in [5.74, 6) is 0.503. The molecule has 0 unspecified atom stereocenters. The number of anilines is 1. The number of hydrogen-bond donors (Lipinski definition) is 1. The first-order chi connectivity index (χ1) is 15.0. The van der Waals surface area contributed by atoms with Crippen LogP contribution < -0.4 is 14.6 Å². The molecular weight excluding hydrogens is 411 g/mol. The fourth-order valence-corrected chi connectivity index (χ4v) is 3.71. The van der Waals surface area contributed by atoms with Crippen molar-refractivity contribution in [2.24, 2.45) is 0 Å². The molecule has 3 aromatic heterocycles. The summed E-state index contributed by atoms with van der Waals surface area (Å²) in [7, 11) is 0. The van der Waals surface area contributed by atoms with Gasteiger partial charge in [-0.25, -0.2) is 4.98 Å². The second-order valence-electron chi connectivity index (χ2n) is 7.10. The number of benzene rings is 1. The van der Waals surface area contributed by atoms with Crippen molar-refractivity contribution in [2.45, 2.75) is 6.36 Å². The van der Waals surface area contributed by atoms with Crippen LogP contribution in [-0.2, 0) is 0 Å². The van der Waals surface area contributed by atoms with Crippen molar-refractivity contribution in [3.63, 3.8) is 0 Å². The fourth-order valence-electron chi connectivity index (χ4n) is 3.71. The molecule has 4 heterocycles. The zero-order valence-corrected chi connectivity index (χ0v) is 16.3. The van der Waals surface area contributed by atoms with Gasteiger partial charge in [0.15, 0.2) is 0 Å². The lowest BCUT2D eigenvalue weighted by atomic mass is 10.1. The van der Waals surface area contributed by atoms with Crippen LogP contribution in [0.2, 0.25) is 0 Å². The highest BCUT2D eigenvalue weighted by molar-refractivity contribution is 5.94. The molecule has 4 aromatic rings. The summed E-state index contributed by atoms with van der Waals surface area (Å²) in [6, 6.07) is 9.69. The van der Waals surface area contributed by atoms with E-state index in [2.05, 4.69) is 34.9 Å². The number of aromatic nitrogens is 5. The van der Waals surface area contributed by atoms with Crippen LogP contribution in [-0.4, -0.2) is 57.6 Å². The number of nitrogens with zero attached hydrogens (tertiary/aromatic N) is 6. The van der Waals surface area contributed by atoms with E-state index >= 15 is 0 Å². The van der Waals surface area contributed by atoms with Crippen molar-refractivity contribution in [2.75, 3.05) is 36.1 Å². The lowest BCUT2D eigenvalue weighted by Crippen LogP contribution is -2.51. The quantitative estimate of drug-likeness (QED) is 0.537. The van der Waals surface area contributed by atoms with Gasteiger partial charge in [0.1, 0.15) is 17.3 Å². The van der Waals surface area contributed by atoms with Crippen LogP contribution in [0.1, 0.15) is 0 Å². The van der Waals surface area contributed by atoms with Crippen LogP contribution >= 0.6 is 0 Å². The summed E-state index contributed by atoms with van der Waals surface area (Å²) in [6.45, 7) is 3.11. The zero-order valence-electron chi connectivity index (χ0n) is 16.3. The van der Waals surface area contributed by atoms with Crippen molar-refractivity contribution in [3.8, 4) is 17.0 Å². The number of aromatic amines is 1. The summed E-state index contributed by atoms with van der Waals surface area (Å²) >= 11 is 0. The lowest BCUT2D eigenvalue weighted by Gasteiger charge is -2.36. The highest BCUT2D eigenvalue weighted by atomic mass is 19.4. The van der Waals surface area contributed by atoms with E-state index in [1.54, 1.807) is 18.5 Å². The number of alkyl halides is 3. The standard InChI is InChI=1S/C20H18F3N7O/c21-20(22,23)31-15-2-3-17-16(13-15)19(27-26-17)14-4-6-24-18(12-14)28-8-10-29(11-9-28)30-7-1-5-25-30/h1-7,12-13H,8-11H2,(H,26,27). The van der Waals surface area contributed by atoms with E-state index in [9.17, 15) is 13.2 Å². The largest absolute Gasteiger partial charge is 0.573 e. The number of rotatable bonds is 4. The second kappa shape index (κ2) is 7.49. The first-order valence-corrected chi connectivity index (χ1v) is 9.66. The maximum atomic E-state index is 12.6. The molecule has 1 aliphatic rings. The molecule has 0 bridgehead atoms. The average molecular weight is 429 g/mol. The summed E-state index contributed by atoms with van der Waals surface area (Å²) in [4.78, 5) is 8.47. The molecule has 1 aliphatic heterocycles. The minimum absolute atomic E-state index is 0.285. The Bertz CT molecular complexity index is 1180. The molecule has 160 valence electrons. The summed E-state index contributed by atoms with van der Waals surface area (Å²) in [5, 5.41) is 14.1. The number of fused-ring (bicyclic) bond motifs is 1. The van der Waals surface area contributed by atoms with Gasteiger partial charge in [-0.3, -0.25) is 10.1 Å². The molecule has 0 atom stereocenters. The van der Waals surface area contributed by atoms with Gasteiger partial charge in [-0.2, -0.15) is 15.0 Å². The fraction of sp³-hybridized carbons (Fsp3) is 0.250. The number of halogens is 3. The molecule has 31 heavy (non-hydrogen) atoms. The van der Waals surface area contributed by atoms with Crippen LogP contribution in [0.3, 0.4) is 0 Å². The number of pyridine rings is 1. The molecule has 0 saturated carbocycles. The third kappa shape index (κ3) is 3.98. The minimum Gasteiger partial charge on any atom is -0.406 e. The highest BCUT2D eigenvalue weighted by Crippen LogP contribution is 2.32. The van der Waals surface area contributed by atoms with Gasteiger partial charge in [0.05, 0.1) is 24.8 Å². The van der Waals surface area contributed by atoms with Crippen molar-refractivity contribution in [1.82, 2.24) is 25.1 Å². The van der Waals surface area contributed by atoms with Gasteiger partial charge in [-0.1, -0.05) is 0 Å². The third-order valence-electron chi connectivity index (χ3n) is 5.15. The molecule has 0 aliphatic carbocycles. The molecule has 0 spiro atoms. The molecule has 1 aromatic carbocycles. The summed E-state index contributed by atoms with van der Waals surface area (Å²) in [5.41, 5.74) is 1.92. The van der Waals surface area contributed by atoms with Crippen molar-refractivity contribution < 1.29 is 17.9 Å². The van der Waals surface area contributed by atoms with Crippen LogP contribution in [0.5, 0.6) is 5.75 Å². The van der Waals surface area contributed by atoms with Crippen molar-refractivity contribution >= 4 is 16.7 Å². The second-order valence-corrected chi connectivity index (χ2v) is 7.10. The third-order valence-corrected chi connectivity index (χ3v) is 5.15. The predicted molar refractivity (Wildman–Crippen MR) is 108 cm³/mol. The average Bonchev–Trinajstić information content (AvgIpc) is 3.43. The van der Waals surface area contributed by atoms with Gasteiger partial charge in [0.2, 0.25) is 0 Å². The Morgan fingerprint density at radius 1 is 1.00 bits per heavy atom. The Morgan fingerprint density at radius 3 is 2.58 bits per heavy atom. The van der Waals surface area contributed by atoms with Crippen LogP contribution in [0, 0.1) is 0 Å². The summed E-state index contributed by atoms with van der Waals surface area (Å²) < 4.78 is 41.9. The van der Waals surface area contributed by atoms with Gasteiger partial charge >= 0.3 is 6.36 Å². The SMILES string of the molecule is FC(F)(F)Oc1ccc2[nH]nc(-c3ccnc(N4CCN(n5cccn5)CC4)c3)c2c1. The number of nitrogens with one attached hydrogen (secondary N) is 1. The van der Waals surface area contributed by atoms with Gasteiger partial charge in [0, 0.05) is 36.4 Å². The van der Waals surface area contributed by atoms with Gasteiger partial charge < -0.3 is 9.64 Å². The minimum atomic E-state index is -4.75. The molecular formula is C20H18F3N7O. The molecule has 1 fully saturated rings. The monoisotopic (exact) mass is 429 g/mol. The van der Waals surface area contributed by atoms with Crippen molar-refractivity contribution in [3.05, 3.63) is 55.0 Å². The zero-order chi connectivity index (χ0) is 21.4. The highest BCUT2D eigenvalue weighted by Gasteiger charge is 2.31. The van der Waals surface area contributed by atoms with Crippen LogP contribution in [0.15, 0.2) is 55.0 Å². The number of H-pyrrole nitrogens is 1. The number of hydrogen-bond acceptors (Lipinski definition) is 6. The van der Waals surface area contributed by atoms with E-state index in [0.29, 0.717) is 16.6 Å². The number of ether oxygens (including phenoxy) is 1. The van der Waals surface area contributed by atoms with E-state index in [-0.39, 0.29) is 5.75 Å². The van der Waals surface area contributed by atoms with E-state index in [1.807, 2.05) is 23.1 Å². The van der Waals surface area contributed by atoms with E-state index < -0.39 is 6.36 Å². The van der Waals surface area contributed by atoms with E-state index in [0.717, 1.165) is 37.6 Å². The molecule has 0 amide bonds. The van der Waals surface area contributed by atoms with Crippen molar-refractivity contribution in [1.29, 1.82) is 0 Å². The molecule has 11 heteroatoms. The predicted octanol–water partition coefficient (Wildman–Crippen LogP) is 3.18. The molecule has 8 nitrogen and oxygen atoms in total. The van der Waals surface area contributed by atoms with Crippen LogP contribution in [0.25, 0.3) is 22.2 Å². The molecule has 5 rings (SSSR count). The Kier molecular flexibility index (Phi) is 4.64. The Balaban J connectivity index is 1.39. The van der Waals surface area contributed by atoms with E-state index in [4.69, 9.17) is 0 Å². The van der Waals surface area contributed by atoms with Gasteiger partial charge in [-0.05, 0) is 36.4 Å². The normalized spacial score (nSPS) is 14.9. The van der Waals surface area contributed by atoms with Gasteiger partial charge in [0.25, 0.3) is 0 Å². The topological polar surface area (TPSA) is 75.1 Å². The molecule has 1 N–H and O–H groups in total. The lowest BCUT2D eigenvalue weighted by molar-refractivity contribution is -0.274. The molecule has 1 saturated heterocycles. The van der Waals surface area contributed by atoms with Gasteiger partial charge in [-0.15, -0.1) is 13.2 Å². The smallest absolute Gasteiger partial charge is 0.406 e. The molecule has 0 radical (unpaired) electrons. The number of piperazine rings is 1.